The molecular weight excluding hydrogens is 350 g/mol. The van der Waals surface area contributed by atoms with Gasteiger partial charge in [0.05, 0.1) is 30.3 Å². The van der Waals surface area contributed by atoms with Crippen molar-refractivity contribution in [3.63, 3.8) is 0 Å². The standard InChI is InChI=1S/C19H19N3O3S/c1-11-7-8-14(24-3)13(10-11)21-18(23)16-12(2)20-17(22-19(16)26-4)15-6-5-9-25-15/h5-10H,1-4H3,(H,21,23). The summed E-state index contributed by atoms with van der Waals surface area (Å²) in [5, 5.41) is 3.50. The number of anilines is 1. The maximum atomic E-state index is 12.9. The molecule has 1 aromatic carbocycles. The molecule has 26 heavy (non-hydrogen) atoms. The number of ether oxygens (including phenoxy) is 1. The number of hydrogen-bond acceptors (Lipinski definition) is 6. The Morgan fingerprint density at radius 2 is 2.04 bits per heavy atom. The number of benzene rings is 1. The minimum absolute atomic E-state index is 0.276. The van der Waals surface area contributed by atoms with E-state index in [1.54, 1.807) is 32.4 Å². The first kappa shape index (κ1) is 18.0. The summed E-state index contributed by atoms with van der Waals surface area (Å²) in [6, 6.07) is 9.18. The number of aryl methyl sites for hydroxylation is 2. The highest BCUT2D eigenvalue weighted by molar-refractivity contribution is 7.98. The molecule has 0 saturated carbocycles. The Morgan fingerprint density at radius 1 is 1.23 bits per heavy atom. The van der Waals surface area contributed by atoms with Gasteiger partial charge in [0.2, 0.25) is 0 Å². The molecule has 3 rings (SSSR count). The third-order valence-electron chi connectivity index (χ3n) is 3.82. The van der Waals surface area contributed by atoms with Crippen molar-refractivity contribution < 1.29 is 13.9 Å². The molecule has 0 radical (unpaired) electrons. The lowest BCUT2D eigenvalue weighted by molar-refractivity contribution is 0.102. The number of rotatable bonds is 5. The SMILES string of the molecule is COc1ccc(C)cc1NC(=O)c1c(C)nc(-c2ccco2)nc1SC. The normalized spacial score (nSPS) is 10.6. The van der Waals surface area contributed by atoms with Crippen LogP contribution in [0.2, 0.25) is 0 Å². The van der Waals surface area contributed by atoms with E-state index in [-0.39, 0.29) is 5.91 Å². The van der Waals surface area contributed by atoms with Crippen LogP contribution in [-0.4, -0.2) is 29.2 Å². The van der Waals surface area contributed by atoms with Gasteiger partial charge in [-0.1, -0.05) is 6.07 Å². The van der Waals surface area contributed by atoms with E-state index >= 15 is 0 Å². The number of methoxy groups -OCH3 is 1. The fourth-order valence-corrected chi connectivity index (χ4v) is 3.20. The summed E-state index contributed by atoms with van der Waals surface area (Å²) in [6.07, 6.45) is 3.44. The number of nitrogens with one attached hydrogen (secondary N) is 1. The first-order valence-corrected chi connectivity index (χ1v) is 9.18. The van der Waals surface area contributed by atoms with Crippen LogP contribution in [0.15, 0.2) is 46.0 Å². The summed E-state index contributed by atoms with van der Waals surface area (Å²) in [5.41, 5.74) is 2.66. The molecule has 0 atom stereocenters. The van der Waals surface area contributed by atoms with E-state index in [1.165, 1.54) is 11.8 Å². The number of carbonyl (C=O) groups is 1. The number of amides is 1. The van der Waals surface area contributed by atoms with Crippen molar-refractivity contribution in [1.29, 1.82) is 0 Å². The van der Waals surface area contributed by atoms with Crippen molar-refractivity contribution in [3.8, 4) is 17.3 Å². The molecule has 0 unspecified atom stereocenters. The summed E-state index contributed by atoms with van der Waals surface area (Å²) in [6.45, 7) is 3.74. The smallest absolute Gasteiger partial charge is 0.260 e. The molecule has 1 N–H and O–H groups in total. The molecule has 1 amide bonds. The van der Waals surface area contributed by atoms with E-state index in [2.05, 4.69) is 15.3 Å². The Balaban J connectivity index is 1.98. The maximum Gasteiger partial charge on any atom is 0.260 e. The van der Waals surface area contributed by atoms with Gasteiger partial charge in [-0.3, -0.25) is 4.79 Å². The topological polar surface area (TPSA) is 77.2 Å². The number of thioether (sulfide) groups is 1. The van der Waals surface area contributed by atoms with E-state index in [9.17, 15) is 4.79 Å². The molecule has 7 heteroatoms. The molecule has 6 nitrogen and oxygen atoms in total. The van der Waals surface area contributed by atoms with E-state index in [1.807, 2.05) is 31.4 Å². The first-order valence-electron chi connectivity index (χ1n) is 7.96. The number of carbonyl (C=O) groups excluding carboxylic acids is 1. The highest BCUT2D eigenvalue weighted by atomic mass is 32.2. The minimum atomic E-state index is -0.276. The van der Waals surface area contributed by atoms with Crippen LogP contribution < -0.4 is 10.1 Å². The molecule has 0 aliphatic carbocycles. The van der Waals surface area contributed by atoms with Gasteiger partial charge in [-0.15, -0.1) is 11.8 Å². The second-order valence-electron chi connectivity index (χ2n) is 5.65. The van der Waals surface area contributed by atoms with Gasteiger partial charge in [0.1, 0.15) is 10.8 Å². The van der Waals surface area contributed by atoms with Crippen molar-refractivity contribution >= 4 is 23.4 Å². The summed E-state index contributed by atoms with van der Waals surface area (Å²) < 4.78 is 10.7. The summed E-state index contributed by atoms with van der Waals surface area (Å²) in [5.74, 6) is 1.35. The molecular formula is C19H19N3O3S. The molecule has 2 aromatic heterocycles. The monoisotopic (exact) mass is 369 g/mol. The van der Waals surface area contributed by atoms with Gasteiger partial charge in [-0.2, -0.15) is 0 Å². The molecule has 3 aromatic rings. The quantitative estimate of drug-likeness (QED) is 0.533. The average Bonchev–Trinajstić information content (AvgIpc) is 3.15. The third-order valence-corrected chi connectivity index (χ3v) is 4.50. The van der Waals surface area contributed by atoms with Gasteiger partial charge in [-0.25, -0.2) is 9.97 Å². The lowest BCUT2D eigenvalue weighted by atomic mass is 10.1. The lowest BCUT2D eigenvalue weighted by Gasteiger charge is -2.14. The highest BCUT2D eigenvalue weighted by Gasteiger charge is 2.21. The lowest BCUT2D eigenvalue weighted by Crippen LogP contribution is -2.17. The zero-order chi connectivity index (χ0) is 18.7. The Kier molecular flexibility index (Phi) is 5.27. The van der Waals surface area contributed by atoms with Crippen LogP contribution in [0.1, 0.15) is 21.6 Å². The molecule has 0 spiro atoms. The van der Waals surface area contributed by atoms with Crippen LogP contribution in [0.3, 0.4) is 0 Å². The van der Waals surface area contributed by atoms with Crippen molar-refractivity contribution in [2.75, 3.05) is 18.7 Å². The third kappa shape index (κ3) is 3.57. The van der Waals surface area contributed by atoms with Crippen LogP contribution in [0.5, 0.6) is 5.75 Å². The van der Waals surface area contributed by atoms with Crippen LogP contribution >= 0.6 is 11.8 Å². The van der Waals surface area contributed by atoms with Crippen molar-refractivity contribution in [2.45, 2.75) is 18.9 Å². The van der Waals surface area contributed by atoms with Crippen LogP contribution in [0.25, 0.3) is 11.6 Å². The van der Waals surface area contributed by atoms with E-state index < -0.39 is 0 Å². The van der Waals surface area contributed by atoms with Crippen LogP contribution in [0, 0.1) is 13.8 Å². The van der Waals surface area contributed by atoms with Gasteiger partial charge >= 0.3 is 0 Å². The molecule has 0 saturated heterocycles. The molecule has 2 heterocycles. The minimum Gasteiger partial charge on any atom is -0.495 e. The Hall–Kier alpha value is -2.80. The maximum absolute atomic E-state index is 12.9. The highest BCUT2D eigenvalue weighted by Crippen LogP contribution is 2.29. The van der Waals surface area contributed by atoms with Gasteiger partial charge in [-0.05, 0) is 49.9 Å². The Morgan fingerprint density at radius 3 is 2.69 bits per heavy atom. The van der Waals surface area contributed by atoms with Crippen LogP contribution in [-0.2, 0) is 0 Å². The zero-order valence-corrected chi connectivity index (χ0v) is 15.8. The number of aromatic nitrogens is 2. The van der Waals surface area contributed by atoms with Gasteiger partial charge in [0.15, 0.2) is 11.6 Å². The van der Waals surface area contributed by atoms with Gasteiger partial charge in [0.25, 0.3) is 5.91 Å². The summed E-state index contributed by atoms with van der Waals surface area (Å²) in [7, 11) is 1.57. The van der Waals surface area contributed by atoms with Crippen LogP contribution in [0.4, 0.5) is 5.69 Å². The predicted octanol–water partition coefficient (Wildman–Crippen LogP) is 4.34. The summed E-state index contributed by atoms with van der Waals surface area (Å²) >= 11 is 1.39. The first-order chi connectivity index (χ1) is 12.5. The fraction of sp³-hybridized carbons (Fsp3) is 0.211. The second kappa shape index (κ2) is 7.61. The largest absolute Gasteiger partial charge is 0.495 e. The molecule has 0 aliphatic heterocycles. The van der Waals surface area contributed by atoms with Crippen molar-refractivity contribution in [1.82, 2.24) is 9.97 Å². The Labute approximate surface area is 156 Å². The van der Waals surface area contributed by atoms with Gasteiger partial charge in [0, 0.05) is 0 Å². The zero-order valence-electron chi connectivity index (χ0n) is 15.0. The number of hydrogen-bond donors (Lipinski definition) is 1. The number of furan rings is 1. The molecule has 0 bridgehead atoms. The molecule has 0 aliphatic rings. The summed E-state index contributed by atoms with van der Waals surface area (Å²) in [4.78, 5) is 21.8. The molecule has 0 fully saturated rings. The van der Waals surface area contributed by atoms with E-state index in [0.29, 0.717) is 39.3 Å². The van der Waals surface area contributed by atoms with Crippen molar-refractivity contribution in [3.05, 3.63) is 53.4 Å². The average molecular weight is 369 g/mol. The Bertz CT molecular complexity index is 939. The molecule has 134 valence electrons. The van der Waals surface area contributed by atoms with E-state index in [4.69, 9.17) is 9.15 Å². The van der Waals surface area contributed by atoms with Crippen molar-refractivity contribution in [2.24, 2.45) is 0 Å². The van der Waals surface area contributed by atoms with Gasteiger partial charge < -0.3 is 14.5 Å². The predicted molar refractivity (Wildman–Crippen MR) is 102 cm³/mol. The second-order valence-corrected chi connectivity index (χ2v) is 6.45. The number of nitrogens with zero attached hydrogens (tertiary/aromatic N) is 2. The van der Waals surface area contributed by atoms with E-state index in [0.717, 1.165) is 5.56 Å². The fourth-order valence-electron chi connectivity index (χ4n) is 2.58.